The molecule has 0 radical (unpaired) electrons. The van der Waals surface area contributed by atoms with Gasteiger partial charge in [0.25, 0.3) is 5.79 Å². The van der Waals surface area contributed by atoms with Crippen molar-refractivity contribution in [3.63, 3.8) is 0 Å². The molecule has 0 fully saturated rings. The number of esters is 1. The highest BCUT2D eigenvalue weighted by Crippen LogP contribution is 2.46. The van der Waals surface area contributed by atoms with E-state index >= 15 is 0 Å². The predicted octanol–water partition coefficient (Wildman–Crippen LogP) is 4.33. The van der Waals surface area contributed by atoms with Gasteiger partial charge in [-0.15, -0.1) is 0 Å². The molecule has 2 aromatic carbocycles. The molecule has 5 aromatic rings. The number of fused-ring (bicyclic) bond motifs is 2. The zero-order valence-corrected chi connectivity index (χ0v) is 24.5. The number of rotatable bonds is 7. The van der Waals surface area contributed by atoms with Crippen LogP contribution in [0.1, 0.15) is 32.6 Å². The molecule has 1 atom stereocenters. The van der Waals surface area contributed by atoms with E-state index in [4.69, 9.17) is 18.9 Å². The Morgan fingerprint density at radius 3 is 2.43 bits per heavy atom. The molecule has 11 nitrogen and oxygen atoms in total. The van der Waals surface area contributed by atoms with Crippen LogP contribution in [-0.2, 0) is 28.2 Å². The molecule has 0 saturated heterocycles. The molecule has 12 heteroatoms. The molecule has 0 aliphatic carbocycles. The number of hydrogen-bond donors (Lipinski definition) is 1. The third-order valence-corrected chi connectivity index (χ3v) is 7.83. The molecule has 44 heavy (non-hydrogen) atoms. The molecule has 5 heterocycles. The van der Waals surface area contributed by atoms with E-state index in [1.165, 1.54) is 13.3 Å². The van der Waals surface area contributed by atoms with Gasteiger partial charge in [0.05, 0.1) is 38.1 Å². The third kappa shape index (κ3) is 5.60. The van der Waals surface area contributed by atoms with Crippen LogP contribution in [0.5, 0.6) is 17.5 Å². The van der Waals surface area contributed by atoms with Crippen LogP contribution in [0.15, 0.2) is 78.6 Å². The summed E-state index contributed by atoms with van der Waals surface area (Å²) in [5, 5.41) is 11.9. The lowest BCUT2D eigenvalue weighted by atomic mass is 9.87. The highest BCUT2D eigenvalue weighted by Gasteiger charge is 2.48. The lowest BCUT2D eigenvalue weighted by molar-refractivity contribution is -0.185. The Bertz CT molecular complexity index is 1870. The summed E-state index contributed by atoms with van der Waals surface area (Å²) in [5.41, 5.74) is 5.59. The van der Waals surface area contributed by atoms with E-state index in [1.54, 1.807) is 55.8 Å². The summed E-state index contributed by atoms with van der Waals surface area (Å²) in [6.07, 6.45) is 4.85. The molecule has 0 bridgehead atoms. The molecule has 0 spiro atoms. The van der Waals surface area contributed by atoms with Crippen molar-refractivity contribution in [3.05, 3.63) is 106 Å². The second-order valence-corrected chi connectivity index (χ2v) is 10.4. The van der Waals surface area contributed by atoms with Gasteiger partial charge in [0, 0.05) is 54.1 Å². The lowest BCUT2D eigenvalue weighted by Gasteiger charge is -2.26. The topological polar surface area (TPSA) is 143 Å². The van der Waals surface area contributed by atoms with E-state index in [1.807, 2.05) is 18.2 Å². The van der Waals surface area contributed by atoms with Gasteiger partial charge in [-0.2, -0.15) is 8.75 Å². The molecule has 2 aliphatic rings. The summed E-state index contributed by atoms with van der Waals surface area (Å²) in [5.74, 6) is -0.751. The van der Waals surface area contributed by atoms with Crippen molar-refractivity contribution in [2.75, 3.05) is 20.8 Å². The molecular weight excluding hydrogens is 584 g/mol. The van der Waals surface area contributed by atoms with E-state index in [0.29, 0.717) is 51.7 Å². The van der Waals surface area contributed by atoms with Crippen molar-refractivity contribution in [2.45, 2.75) is 18.6 Å². The summed E-state index contributed by atoms with van der Waals surface area (Å²) in [6, 6.07) is 17.7. The van der Waals surface area contributed by atoms with E-state index in [0.717, 1.165) is 46.8 Å². The van der Waals surface area contributed by atoms with Crippen LogP contribution in [0.25, 0.3) is 16.6 Å². The van der Waals surface area contributed by atoms with Crippen LogP contribution in [0.4, 0.5) is 0 Å². The van der Waals surface area contributed by atoms with Gasteiger partial charge >= 0.3 is 5.97 Å². The number of nitrogens with zero attached hydrogens (tertiary/aromatic N) is 4. The smallest absolute Gasteiger partial charge is 0.342 e. The molecule has 1 N–H and O–H groups in total. The lowest BCUT2D eigenvalue weighted by Crippen LogP contribution is -2.30. The quantitative estimate of drug-likeness (QED) is 0.208. The number of benzene rings is 2. The maximum atomic E-state index is 13.2. The Labute approximate surface area is 256 Å². The number of aromatic nitrogens is 4. The zero-order valence-electron chi connectivity index (χ0n) is 23.7. The summed E-state index contributed by atoms with van der Waals surface area (Å²) < 4.78 is 29.8. The van der Waals surface area contributed by atoms with Gasteiger partial charge in [-0.3, -0.25) is 4.79 Å². The first-order valence-electron chi connectivity index (χ1n) is 13.5. The highest BCUT2D eigenvalue weighted by atomic mass is 32.1. The average molecular weight is 611 g/mol. The van der Waals surface area contributed by atoms with E-state index in [2.05, 4.69) is 18.7 Å². The predicted molar refractivity (Wildman–Crippen MR) is 161 cm³/mol. The molecule has 2 aliphatic heterocycles. The van der Waals surface area contributed by atoms with Crippen molar-refractivity contribution < 1.29 is 33.6 Å². The highest BCUT2D eigenvalue weighted by molar-refractivity contribution is 7.00. The molecule has 0 amide bonds. The van der Waals surface area contributed by atoms with Gasteiger partial charge in [-0.1, -0.05) is 12.1 Å². The minimum atomic E-state index is -1.93. The second kappa shape index (κ2) is 12.2. The van der Waals surface area contributed by atoms with Crippen molar-refractivity contribution in [2.24, 2.45) is 0 Å². The number of aliphatic hydroxyl groups is 1. The standard InChI is InChI=1S/C25H19N3O5S.C7H7NO2/c1-31-22-7-2-14(13-26-22)10-18-23(16-3-5-19-20(12-16)28-34-27-19)24(29)33-25(18,30)17-4-6-21-15(11-17)8-9-32-21;1-10-7-3-2-6(5-9)4-8-7/h2-7,11-13,30H,8-10H2,1H3;2-5H,1H3. The Hall–Kier alpha value is -5.20. The molecule has 7 rings (SSSR count). The van der Waals surface area contributed by atoms with Crippen LogP contribution in [0.2, 0.25) is 0 Å². The van der Waals surface area contributed by atoms with E-state index in [9.17, 15) is 14.7 Å². The fraction of sp³-hybridized carbons (Fsp3) is 0.188. The average Bonchev–Trinajstić information content (AvgIpc) is 3.79. The number of hydrogen-bond acceptors (Lipinski definition) is 12. The second-order valence-electron chi connectivity index (χ2n) is 9.91. The maximum Gasteiger partial charge on any atom is 0.342 e. The summed E-state index contributed by atoms with van der Waals surface area (Å²) in [4.78, 5) is 31.5. The Kier molecular flexibility index (Phi) is 8.01. The Balaban J connectivity index is 0.000000294. The van der Waals surface area contributed by atoms with Crippen LogP contribution in [-0.4, -0.2) is 56.9 Å². The first kappa shape index (κ1) is 28.9. The number of methoxy groups -OCH3 is 2. The molecular formula is C32H26N4O7S. The number of carbonyl (C=O) groups excluding carboxylic acids is 2. The zero-order chi connectivity index (χ0) is 30.7. The monoisotopic (exact) mass is 610 g/mol. The van der Waals surface area contributed by atoms with E-state index in [-0.39, 0.29) is 6.42 Å². The fourth-order valence-corrected chi connectivity index (χ4v) is 5.55. The van der Waals surface area contributed by atoms with Crippen LogP contribution in [0.3, 0.4) is 0 Å². The van der Waals surface area contributed by atoms with Crippen molar-refractivity contribution in [1.29, 1.82) is 0 Å². The van der Waals surface area contributed by atoms with Gasteiger partial charge in [0.15, 0.2) is 6.29 Å². The SMILES string of the molecule is COc1ccc(C=O)cn1.COc1ccc(CC2=C(c3ccc4nsnc4c3)C(=O)OC2(O)c2ccc3c(c2)CCO3)cn1. The number of aldehydes is 1. The van der Waals surface area contributed by atoms with Crippen molar-refractivity contribution >= 4 is 40.6 Å². The Morgan fingerprint density at radius 2 is 1.73 bits per heavy atom. The van der Waals surface area contributed by atoms with Crippen molar-refractivity contribution in [1.82, 2.24) is 18.7 Å². The Morgan fingerprint density at radius 1 is 0.955 bits per heavy atom. The first-order valence-corrected chi connectivity index (χ1v) is 14.3. The normalized spacial score (nSPS) is 16.9. The minimum Gasteiger partial charge on any atom is -0.493 e. The number of carbonyl (C=O) groups is 2. The fourth-order valence-electron chi connectivity index (χ4n) is 5.03. The third-order valence-electron chi connectivity index (χ3n) is 7.27. The van der Waals surface area contributed by atoms with Gasteiger partial charge < -0.3 is 24.1 Å². The van der Waals surface area contributed by atoms with E-state index < -0.39 is 11.8 Å². The van der Waals surface area contributed by atoms with Crippen LogP contribution in [0, 0.1) is 0 Å². The molecule has 0 saturated carbocycles. The van der Waals surface area contributed by atoms with Gasteiger partial charge in [0.1, 0.15) is 16.8 Å². The number of pyridine rings is 2. The van der Waals surface area contributed by atoms with Gasteiger partial charge in [-0.25, -0.2) is 14.8 Å². The summed E-state index contributed by atoms with van der Waals surface area (Å²) in [6.45, 7) is 0.587. The summed E-state index contributed by atoms with van der Waals surface area (Å²) >= 11 is 1.11. The largest absolute Gasteiger partial charge is 0.493 e. The van der Waals surface area contributed by atoms with Crippen LogP contribution >= 0.6 is 11.7 Å². The van der Waals surface area contributed by atoms with Gasteiger partial charge in [0.2, 0.25) is 11.8 Å². The van der Waals surface area contributed by atoms with Crippen LogP contribution < -0.4 is 14.2 Å². The molecule has 1 unspecified atom stereocenters. The minimum absolute atomic E-state index is 0.246. The molecule has 222 valence electrons. The van der Waals surface area contributed by atoms with Gasteiger partial charge in [-0.05, 0) is 53.1 Å². The molecule has 3 aromatic heterocycles. The number of cyclic esters (lactones) is 1. The maximum absolute atomic E-state index is 13.2. The summed E-state index contributed by atoms with van der Waals surface area (Å²) in [7, 11) is 3.08. The first-order chi connectivity index (χ1) is 21.4. The number of ether oxygens (including phenoxy) is 4. The van der Waals surface area contributed by atoms with Crippen molar-refractivity contribution in [3.8, 4) is 17.5 Å².